The molecule has 0 unspecified atom stereocenters. The molecular weight excluding hydrogens is 257 g/mol. The minimum atomic E-state index is -0.523. The molecule has 0 radical (unpaired) electrons. The first-order valence-electron chi connectivity index (χ1n) is 5.63. The summed E-state index contributed by atoms with van der Waals surface area (Å²) in [7, 11) is 1.62. The van der Waals surface area contributed by atoms with Crippen LogP contribution in [0.5, 0.6) is 0 Å². The average Bonchev–Trinajstić information content (AvgIpc) is 2.27. The Morgan fingerprint density at radius 1 is 1.44 bits per heavy atom. The maximum absolute atomic E-state index is 13.1. The second-order valence-electron chi connectivity index (χ2n) is 4.63. The third-order valence-electron chi connectivity index (χ3n) is 2.69. The molecule has 18 heavy (non-hydrogen) atoms. The molecule has 0 saturated carbocycles. The molecular formula is C13H17ClFNO2. The molecule has 0 aliphatic carbocycles. The highest BCUT2D eigenvalue weighted by molar-refractivity contribution is 6.31. The molecule has 0 atom stereocenters. The van der Waals surface area contributed by atoms with Crippen LogP contribution in [0.15, 0.2) is 18.2 Å². The summed E-state index contributed by atoms with van der Waals surface area (Å²) >= 11 is 5.68. The summed E-state index contributed by atoms with van der Waals surface area (Å²) in [6.45, 7) is 4.31. The molecule has 100 valence electrons. The predicted molar refractivity (Wildman–Crippen MR) is 69.4 cm³/mol. The van der Waals surface area contributed by atoms with E-state index in [4.69, 9.17) is 16.3 Å². The highest BCUT2D eigenvalue weighted by atomic mass is 35.5. The molecule has 1 aromatic rings. The van der Waals surface area contributed by atoms with Crippen LogP contribution in [0.4, 0.5) is 4.39 Å². The van der Waals surface area contributed by atoms with E-state index >= 15 is 0 Å². The number of carbonyl (C=O) groups excluding carboxylic acids is 1. The summed E-state index contributed by atoms with van der Waals surface area (Å²) in [5.41, 5.74) is -0.0809. The van der Waals surface area contributed by atoms with Gasteiger partial charge in [0.05, 0.1) is 5.60 Å². The van der Waals surface area contributed by atoms with E-state index in [1.165, 1.54) is 6.07 Å². The molecule has 0 fully saturated rings. The van der Waals surface area contributed by atoms with Crippen LogP contribution in [0.3, 0.4) is 0 Å². The maximum Gasteiger partial charge on any atom is 0.251 e. The van der Waals surface area contributed by atoms with Gasteiger partial charge in [0.1, 0.15) is 5.82 Å². The van der Waals surface area contributed by atoms with Gasteiger partial charge in [-0.15, -0.1) is 0 Å². The van der Waals surface area contributed by atoms with E-state index in [9.17, 15) is 9.18 Å². The molecule has 0 heterocycles. The molecule has 5 heteroatoms. The Hall–Kier alpha value is -1.13. The maximum atomic E-state index is 13.1. The lowest BCUT2D eigenvalue weighted by atomic mass is 10.1. The van der Waals surface area contributed by atoms with E-state index in [1.54, 1.807) is 7.11 Å². The van der Waals surface area contributed by atoms with Gasteiger partial charge in [0, 0.05) is 24.2 Å². The molecule has 0 spiro atoms. The largest absolute Gasteiger partial charge is 0.379 e. The second kappa shape index (κ2) is 6.16. The van der Waals surface area contributed by atoms with Crippen LogP contribution in [0.1, 0.15) is 30.6 Å². The monoisotopic (exact) mass is 273 g/mol. The van der Waals surface area contributed by atoms with Gasteiger partial charge in [0.2, 0.25) is 0 Å². The minimum Gasteiger partial charge on any atom is -0.379 e. The number of halogens is 2. The summed E-state index contributed by atoms with van der Waals surface area (Å²) in [4.78, 5) is 11.7. The fourth-order valence-electron chi connectivity index (χ4n) is 1.37. The first-order valence-corrected chi connectivity index (χ1v) is 6.01. The van der Waals surface area contributed by atoms with Gasteiger partial charge in [-0.2, -0.15) is 0 Å². The molecule has 3 nitrogen and oxygen atoms in total. The van der Waals surface area contributed by atoms with E-state index in [2.05, 4.69) is 5.32 Å². The number of benzene rings is 1. The van der Waals surface area contributed by atoms with E-state index in [0.29, 0.717) is 13.0 Å². The topological polar surface area (TPSA) is 38.3 Å². The van der Waals surface area contributed by atoms with Gasteiger partial charge < -0.3 is 10.1 Å². The van der Waals surface area contributed by atoms with Crippen molar-refractivity contribution in [1.82, 2.24) is 5.32 Å². The first kappa shape index (κ1) is 14.9. The molecule has 1 N–H and O–H groups in total. The van der Waals surface area contributed by atoms with E-state index in [-0.39, 0.29) is 22.1 Å². The summed E-state index contributed by atoms with van der Waals surface area (Å²) < 4.78 is 18.3. The summed E-state index contributed by atoms with van der Waals surface area (Å²) in [6, 6.07) is 3.75. The number of carbonyl (C=O) groups is 1. The molecule has 1 amide bonds. The van der Waals surface area contributed by atoms with Crippen LogP contribution in [0.25, 0.3) is 0 Å². The number of nitrogens with one attached hydrogen (secondary N) is 1. The van der Waals surface area contributed by atoms with Crippen molar-refractivity contribution in [3.8, 4) is 0 Å². The van der Waals surface area contributed by atoms with Crippen molar-refractivity contribution in [2.45, 2.75) is 25.9 Å². The molecule has 0 saturated heterocycles. The number of amides is 1. The normalized spacial score (nSPS) is 11.4. The lowest BCUT2D eigenvalue weighted by Gasteiger charge is -2.22. The van der Waals surface area contributed by atoms with Crippen LogP contribution in [-0.2, 0) is 4.74 Å². The van der Waals surface area contributed by atoms with E-state index < -0.39 is 5.82 Å². The van der Waals surface area contributed by atoms with Crippen LogP contribution in [-0.4, -0.2) is 25.2 Å². The third kappa shape index (κ3) is 4.63. The Morgan fingerprint density at radius 2 is 2.11 bits per heavy atom. The van der Waals surface area contributed by atoms with Crippen LogP contribution in [0, 0.1) is 5.82 Å². The van der Waals surface area contributed by atoms with Gasteiger partial charge in [-0.05, 0) is 38.5 Å². The lowest BCUT2D eigenvalue weighted by molar-refractivity contribution is 0.0160. The van der Waals surface area contributed by atoms with E-state index in [0.717, 1.165) is 12.1 Å². The smallest absolute Gasteiger partial charge is 0.251 e. The van der Waals surface area contributed by atoms with Gasteiger partial charge in [-0.25, -0.2) is 4.39 Å². The Labute approximate surface area is 111 Å². The molecule has 1 aromatic carbocycles. The summed E-state index contributed by atoms with van der Waals surface area (Å²) in [6.07, 6.45) is 0.665. The van der Waals surface area contributed by atoms with Gasteiger partial charge in [0.15, 0.2) is 0 Å². The fourth-order valence-corrected chi connectivity index (χ4v) is 1.59. The van der Waals surface area contributed by atoms with Crippen LogP contribution < -0.4 is 5.32 Å². The van der Waals surface area contributed by atoms with Gasteiger partial charge in [-0.1, -0.05) is 11.6 Å². The Morgan fingerprint density at radius 3 is 2.67 bits per heavy atom. The first-order chi connectivity index (χ1) is 8.34. The number of hydrogen-bond acceptors (Lipinski definition) is 2. The van der Waals surface area contributed by atoms with Gasteiger partial charge >= 0.3 is 0 Å². The minimum absolute atomic E-state index is 0.206. The summed E-state index contributed by atoms with van der Waals surface area (Å²) in [5, 5.41) is 2.91. The fraction of sp³-hybridized carbons (Fsp3) is 0.462. The quantitative estimate of drug-likeness (QED) is 0.896. The molecule has 1 rings (SSSR count). The molecule has 0 aromatic heterocycles. The number of hydrogen-bond donors (Lipinski definition) is 1. The lowest BCUT2D eigenvalue weighted by Crippen LogP contribution is -2.32. The van der Waals surface area contributed by atoms with Crippen LogP contribution in [0.2, 0.25) is 5.02 Å². The van der Waals surface area contributed by atoms with Crippen molar-refractivity contribution in [3.05, 3.63) is 34.6 Å². The highest BCUT2D eigenvalue weighted by Crippen LogP contribution is 2.15. The van der Waals surface area contributed by atoms with Crippen molar-refractivity contribution in [2.24, 2.45) is 0 Å². The van der Waals surface area contributed by atoms with Gasteiger partial charge in [0.25, 0.3) is 5.91 Å². The molecule has 0 aliphatic rings. The predicted octanol–water partition coefficient (Wildman–Crippen LogP) is 3.02. The molecule has 0 bridgehead atoms. The van der Waals surface area contributed by atoms with Crippen molar-refractivity contribution >= 4 is 17.5 Å². The Balaban J connectivity index is 2.56. The summed E-state index contributed by atoms with van der Waals surface area (Å²) in [5.74, 6) is -0.867. The second-order valence-corrected chi connectivity index (χ2v) is 5.06. The zero-order valence-electron chi connectivity index (χ0n) is 10.7. The highest BCUT2D eigenvalue weighted by Gasteiger charge is 2.16. The standard InChI is InChI=1S/C13H17ClFNO2/c1-13(2,18-3)4-5-16-12(17)9-6-10(14)8-11(15)7-9/h6-8H,4-5H2,1-3H3,(H,16,17). The third-order valence-corrected chi connectivity index (χ3v) is 2.91. The zero-order valence-corrected chi connectivity index (χ0v) is 11.5. The zero-order chi connectivity index (χ0) is 13.8. The number of methoxy groups -OCH3 is 1. The van der Waals surface area contributed by atoms with Gasteiger partial charge in [-0.3, -0.25) is 4.79 Å². The number of ether oxygens (including phenoxy) is 1. The average molecular weight is 274 g/mol. The Bertz CT molecular complexity index is 415. The number of rotatable bonds is 5. The van der Waals surface area contributed by atoms with Crippen molar-refractivity contribution in [2.75, 3.05) is 13.7 Å². The SMILES string of the molecule is COC(C)(C)CCNC(=O)c1cc(F)cc(Cl)c1. The molecule has 0 aliphatic heterocycles. The van der Waals surface area contributed by atoms with Crippen molar-refractivity contribution < 1.29 is 13.9 Å². The van der Waals surface area contributed by atoms with Crippen LogP contribution >= 0.6 is 11.6 Å². The van der Waals surface area contributed by atoms with E-state index in [1.807, 2.05) is 13.8 Å². The Kier molecular flexibility index (Phi) is 5.11. The van der Waals surface area contributed by atoms with Crippen molar-refractivity contribution in [1.29, 1.82) is 0 Å². The van der Waals surface area contributed by atoms with Crippen molar-refractivity contribution in [3.63, 3.8) is 0 Å².